The molecule has 2 rings (SSSR count). The first kappa shape index (κ1) is 15.4. The molecule has 2 N–H and O–H groups in total. The lowest BCUT2D eigenvalue weighted by Gasteiger charge is -2.29. The molecule has 1 aliphatic carbocycles. The van der Waals surface area contributed by atoms with Gasteiger partial charge in [0.15, 0.2) is 0 Å². The van der Waals surface area contributed by atoms with Gasteiger partial charge >= 0.3 is 12.0 Å². The molecule has 5 heteroatoms. The standard InChI is InChI=1S/C16H22N2O3/c1-16(2,13-8-9-13)17-15(21)18(3)10-11-4-6-12(7-5-11)14(19)20/h4-7,13H,8-10H2,1-3H3,(H,17,21)(H,19,20). The molecule has 0 spiro atoms. The van der Waals surface area contributed by atoms with Crippen LogP contribution < -0.4 is 5.32 Å². The van der Waals surface area contributed by atoms with E-state index in [0.29, 0.717) is 12.5 Å². The van der Waals surface area contributed by atoms with Crippen molar-refractivity contribution < 1.29 is 14.7 Å². The van der Waals surface area contributed by atoms with Gasteiger partial charge in [-0.2, -0.15) is 0 Å². The van der Waals surface area contributed by atoms with Crippen molar-refractivity contribution in [2.75, 3.05) is 7.05 Å². The van der Waals surface area contributed by atoms with E-state index in [1.807, 2.05) is 0 Å². The zero-order chi connectivity index (χ0) is 15.6. The van der Waals surface area contributed by atoms with Crippen LogP contribution in [-0.2, 0) is 6.54 Å². The molecule has 1 aromatic carbocycles. The zero-order valence-corrected chi connectivity index (χ0v) is 12.7. The minimum Gasteiger partial charge on any atom is -0.478 e. The lowest BCUT2D eigenvalue weighted by atomic mass is 9.99. The predicted octanol–water partition coefficient (Wildman–Crippen LogP) is 2.71. The molecule has 21 heavy (non-hydrogen) atoms. The molecule has 0 atom stereocenters. The third-order valence-corrected chi connectivity index (χ3v) is 3.99. The van der Waals surface area contributed by atoms with Gasteiger partial charge in [-0.05, 0) is 50.3 Å². The molecule has 0 radical (unpaired) electrons. The Morgan fingerprint density at radius 3 is 2.33 bits per heavy atom. The van der Waals surface area contributed by atoms with E-state index >= 15 is 0 Å². The summed E-state index contributed by atoms with van der Waals surface area (Å²) in [6, 6.07) is 6.47. The Morgan fingerprint density at radius 1 is 1.29 bits per heavy atom. The summed E-state index contributed by atoms with van der Waals surface area (Å²) in [6.45, 7) is 4.56. The minimum absolute atomic E-state index is 0.103. The molecule has 0 aromatic heterocycles. The Balaban J connectivity index is 1.92. The number of carbonyl (C=O) groups excluding carboxylic acids is 1. The molecule has 114 valence electrons. The summed E-state index contributed by atoms with van der Waals surface area (Å²) in [6.07, 6.45) is 2.35. The van der Waals surface area contributed by atoms with Crippen LogP contribution in [0.4, 0.5) is 4.79 Å². The molecule has 2 amide bonds. The quantitative estimate of drug-likeness (QED) is 0.876. The molecule has 0 bridgehead atoms. The maximum absolute atomic E-state index is 12.2. The number of nitrogens with one attached hydrogen (secondary N) is 1. The largest absolute Gasteiger partial charge is 0.478 e. The van der Waals surface area contributed by atoms with Gasteiger partial charge in [-0.1, -0.05) is 12.1 Å². The van der Waals surface area contributed by atoms with Crippen LogP contribution in [0, 0.1) is 5.92 Å². The summed E-state index contributed by atoms with van der Waals surface area (Å²) < 4.78 is 0. The average molecular weight is 290 g/mol. The third kappa shape index (κ3) is 3.97. The van der Waals surface area contributed by atoms with Crippen molar-refractivity contribution in [3.8, 4) is 0 Å². The molecule has 1 aliphatic rings. The molecule has 0 saturated heterocycles. The van der Waals surface area contributed by atoms with Crippen LogP contribution in [0.1, 0.15) is 42.6 Å². The summed E-state index contributed by atoms with van der Waals surface area (Å²) in [5.41, 5.74) is 0.987. The molecule has 5 nitrogen and oxygen atoms in total. The van der Waals surface area contributed by atoms with Crippen molar-refractivity contribution in [2.24, 2.45) is 5.92 Å². The van der Waals surface area contributed by atoms with E-state index in [1.54, 1.807) is 36.2 Å². The lowest BCUT2D eigenvalue weighted by molar-refractivity contribution is 0.0696. The van der Waals surface area contributed by atoms with Crippen molar-refractivity contribution >= 4 is 12.0 Å². The highest BCUT2D eigenvalue weighted by atomic mass is 16.4. The van der Waals surface area contributed by atoms with E-state index in [2.05, 4.69) is 19.2 Å². The fourth-order valence-corrected chi connectivity index (χ4v) is 2.38. The van der Waals surface area contributed by atoms with Crippen LogP contribution in [0.3, 0.4) is 0 Å². The first-order chi connectivity index (χ1) is 9.79. The second-order valence-corrected chi connectivity index (χ2v) is 6.28. The van der Waals surface area contributed by atoms with E-state index in [1.165, 1.54) is 12.8 Å². The van der Waals surface area contributed by atoms with Crippen LogP contribution in [0.15, 0.2) is 24.3 Å². The Kier molecular flexibility index (Phi) is 4.21. The maximum atomic E-state index is 12.2. The number of carboxylic acid groups (broad SMARTS) is 1. The van der Waals surface area contributed by atoms with E-state index in [0.717, 1.165) is 5.56 Å². The summed E-state index contributed by atoms with van der Waals surface area (Å²) in [5, 5.41) is 11.9. The highest BCUT2D eigenvalue weighted by molar-refractivity contribution is 5.87. The van der Waals surface area contributed by atoms with Gasteiger partial charge in [0.1, 0.15) is 0 Å². The Labute approximate surface area is 125 Å². The fraction of sp³-hybridized carbons (Fsp3) is 0.500. The van der Waals surface area contributed by atoms with Gasteiger partial charge in [-0.25, -0.2) is 9.59 Å². The molecular formula is C16H22N2O3. The first-order valence-corrected chi connectivity index (χ1v) is 7.15. The maximum Gasteiger partial charge on any atom is 0.335 e. The number of nitrogens with zero attached hydrogens (tertiary/aromatic N) is 1. The number of aromatic carboxylic acids is 1. The normalized spacial score (nSPS) is 14.6. The molecule has 0 heterocycles. The second-order valence-electron chi connectivity index (χ2n) is 6.28. The van der Waals surface area contributed by atoms with Gasteiger partial charge in [-0.15, -0.1) is 0 Å². The first-order valence-electron chi connectivity index (χ1n) is 7.15. The second kappa shape index (κ2) is 5.76. The topological polar surface area (TPSA) is 69.6 Å². The lowest BCUT2D eigenvalue weighted by Crippen LogP contribution is -2.50. The number of amides is 2. The van der Waals surface area contributed by atoms with Crippen molar-refractivity contribution in [3.63, 3.8) is 0 Å². The third-order valence-electron chi connectivity index (χ3n) is 3.99. The van der Waals surface area contributed by atoms with E-state index in [9.17, 15) is 9.59 Å². The van der Waals surface area contributed by atoms with Gasteiger partial charge < -0.3 is 15.3 Å². The van der Waals surface area contributed by atoms with Gasteiger partial charge in [-0.3, -0.25) is 0 Å². The van der Waals surface area contributed by atoms with Crippen LogP contribution >= 0.6 is 0 Å². The summed E-state index contributed by atoms with van der Waals surface area (Å²) in [5.74, 6) is -0.372. The summed E-state index contributed by atoms with van der Waals surface area (Å²) in [4.78, 5) is 24.6. The molecule has 1 aromatic rings. The minimum atomic E-state index is -0.946. The van der Waals surface area contributed by atoms with Crippen molar-refractivity contribution in [2.45, 2.75) is 38.8 Å². The SMILES string of the molecule is CN(Cc1ccc(C(=O)O)cc1)C(=O)NC(C)(C)C1CC1. The number of hydrogen-bond acceptors (Lipinski definition) is 2. The van der Waals surface area contributed by atoms with Gasteiger partial charge in [0.2, 0.25) is 0 Å². The van der Waals surface area contributed by atoms with E-state index in [-0.39, 0.29) is 17.1 Å². The number of carboxylic acids is 1. The number of hydrogen-bond donors (Lipinski definition) is 2. The molecule has 1 fully saturated rings. The highest BCUT2D eigenvalue weighted by Gasteiger charge is 2.39. The van der Waals surface area contributed by atoms with E-state index < -0.39 is 5.97 Å². The zero-order valence-electron chi connectivity index (χ0n) is 12.7. The average Bonchev–Trinajstić information content (AvgIpc) is 3.23. The fourth-order valence-electron chi connectivity index (χ4n) is 2.38. The molecule has 1 saturated carbocycles. The Hall–Kier alpha value is -2.04. The van der Waals surface area contributed by atoms with Gasteiger partial charge in [0.05, 0.1) is 5.56 Å². The number of rotatable bonds is 5. The number of urea groups is 1. The molecule has 0 unspecified atom stereocenters. The smallest absolute Gasteiger partial charge is 0.335 e. The van der Waals surface area contributed by atoms with Crippen LogP contribution in [-0.4, -0.2) is 34.6 Å². The monoisotopic (exact) mass is 290 g/mol. The summed E-state index contributed by atoms with van der Waals surface area (Å²) in [7, 11) is 1.74. The number of benzene rings is 1. The van der Waals surface area contributed by atoms with Crippen LogP contribution in [0.2, 0.25) is 0 Å². The van der Waals surface area contributed by atoms with Gasteiger partial charge in [0, 0.05) is 19.1 Å². The van der Waals surface area contributed by atoms with Crippen molar-refractivity contribution in [1.82, 2.24) is 10.2 Å². The number of carbonyl (C=O) groups is 2. The molecular weight excluding hydrogens is 268 g/mol. The van der Waals surface area contributed by atoms with Crippen molar-refractivity contribution in [1.29, 1.82) is 0 Å². The highest BCUT2D eigenvalue weighted by Crippen LogP contribution is 2.39. The Bertz CT molecular complexity index is 533. The Morgan fingerprint density at radius 2 is 1.86 bits per heavy atom. The van der Waals surface area contributed by atoms with Crippen LogP contribution in [0.5, 0.6) is 0 Å². The summed E-state index contributed by atoms with van der Waals surface area (Å²) >= 11 is 0. The van der Waals surface area contributed by atoms with E-state index in [4.69, 9.17) is 5.11 Å². The predicted molar refractivity (Wildman–Crippen MR) is 80.2 cm³/mol. The molecule has 0 aliphatic heterocycles. The van der Waals surface area contributed by atoms with Crippen molar-refractivity contribution in [3.05, 3.63) is 35.4 Å². The van der Waals surface area contributed by atoms with Crippen LogP contribution in [0.25, 0.3) is 0 Å². The van der Waals surface area contributed by atoms with Gasteiger partial charge in [0.25, 0.3) is 0 Å².